The first-order valence-electron chi connectivity index (χ1n) is 2.43. The zero-order chi connectivity index (χ0) is 7.44. The molecule has 2 N–H and O–H groups in total. The molecule has 5 heteroatoms. The molecule has 0 bridgehead atoms. The van der Waals surface area contributed by atoms with Crippen LogP contribution in [0.1, 0.15) is 0 Å². The van der Waals surface area contributed by atoms with Crippen molar-refractivity contribution < 1.29 is 14.3 Å². The van der Waals surface area contributed by atoms with Crippen molar-refractivity contribution in [3.63, 3.8) is 0 Å². The molecule has 0 aliphatic rings. The van der Waals surface area contributed by atoms with Gasteiger partial charge in [0.25, 0.3) is 0 Å². The third-order valence-corrected chi connectivity index (χ3v) is 0.893. The van der Waals surface area contributed by atoms with Crippen LogP contribution in [0.25, 0.3) is 0 Å². The average molecular weight is 129 g/mol. The average Bonchev–Trinajstić information content (AvgIpc) is 1.84. The molecule has 1 unspecified atom stereocenters. The summed E-state index contributed by atoms with van der Waals surface area (Å²) < 4.78 is 4.19. The number of hydrogen-bond acceptors (Lipinski definition) is 4. The van der Waals surface area contributed by atoms with E-state index in [2.05, 4.69) is 4.74 Å². The van der Waals surface area contributed by atoms with E-state index in [0.29, 0.717) is 0 Å². The van der Waals surface area contributed by atoms with Crippen LogP contribution in [0.4, 0.5) is 0 Å². The fourth-order valence-electron chi connectivity index (χ4n) is 0.293. The van der Waals surface area contributed by atoms with Crippen molar-refractivity contribution in [3.8, 4) is 0 Å². The lowest BCUT2D eigenvalue weighted by molar-refractivity contribution is -0.143. The number of methoxy groups -OCH3 is 1. The number of rotatable bonds is 2. The number of esters is 1. The molecule has 0 saturated carbocycles. The predicted octanol–water partition coefficient (Wildman–Crippen LogP) is -2.35. The van der Waals surface area contributed by atoms with Gasteiger partial charge in [-0.25, -0.2) is 4.79 Å². The van der Waals surface area contributed by atoms with Crippen LogP contribution in [0.5, 0.6) is 0 Å². The highest BCUT2D eigenvalue weighted by atomic mass is 16.5. The first-order valence-corrected chi connectivity index (χ1v) is 2.43. The number of hydrogen-bond donors (Lipinski definition) is 1. The molecular weight excluding hydrogens is 121 g/mol. The highest BCUT2D eigenvalue weighted by molar-refractivity contribution is 6.61. The summed E-state index contributed by atoms with van der Waals surface area (Å²) in [6, 6.07) is -1.12. The minimum absolute atomic E-state index is 0.387. The van der Waals surface area contributed by atoms with Crippen molar-refractivity contribution in [2.24, 2.45) is 5.73 Å². The molecule has 0 heterocycles. The molecule has 0 aliphatic heterocycles. The molecule has 0 saturated heterocycles. The first kappa shape index (κ1) is 8.16. The Morgan fingerprint density at radius 1 is 1.67 bits per heavy atom. The van der Waals surface area contributed by atoms with E-state index in [4.69, 9.17) is 5.73 Å². The molecule has 0 aromatic heterocycles. The minimum Gasteiger partial charge on any atom is -0.468 e. The molecule has 4 nitrogen and oxygen atoms in total. The summed E-state index contributed by atoms with van der Waals surface area (Å²) in [5.74, 6) is -0.692. The van der Waals surface area contributed by atoms with Crippen LogP contribution in [-0.2, 0) is 14.3 Å². The Kier molecular flexibility index (Phi) is 2.94. The summed E-state index contributed by atoms with van der Waals surface area (Å²) in [4.78, 5) is 20.7. The van der Waals surface area contributed by atoms with Crippen molar-refractivity contribution in [2.45, 2.75) is 6.04 Å². The summed E-state index contributed by atoms with van der Waals surface area (Å²) >= 11 is 0. The van der Waals surface area contributed by atoms with Gasteiger partial charge in [-0.2, -0.15) is 0 Å². The number of carbonyl (C=O) groups is 2. The van der Waals surface area contributed by atoms with E-state index in [1.54, 1.807) is 0 Å². The van der Waals surface area contributed by atoms with Crippen LogP contribution in [0.3, 0.4) is 0 Å². The Balaban J connectivity index is 3.88. The summed E-state index contributed by atoms with van der Waals surface area (Å²) in [5, 5.41) is 0. The Labute approximate surface area is 53.8 Å². The number of ether oxygens (including phenoxy) is 1. The fraction of sp³-hybridized carbons (Fsp3) is 0.500. The van der Waals surface area contributed by atoms with Gasteiger partial charge in [0, 0.05) is 0 Å². The maximum absolute atomic E-state index is 10.4. The molecule has 0 radical (unpaired) electrons. The molecule has 0 aliphatic carbocycles. The highest BCUT2D eigenvalue weighted by Crippen LogP contribution is 1.80. The van der Waals surface area contributed by atoms with E-state index >= 15 is 0 Å². The Morgan fingerprint density at radius 2 is 2.11 bits per heavy atom. The van der Waals surface area contributed by atoms with Crippen LogP contribution in [0, 0.1) is 0 Å². The zero-order valence-electron chi connectivity index (χ0n) is 5.38. The standard InChI is InChI=1S/C4H8BNO3/c1-9-4(8)2(6)3(5)7/h2H,5-6H2,1H3. The van der Waals surface area contributed by atoms with Gasteiger partial charge in [0.1, 0.15) is 5.68 Å². The molecular formula is C4H8BNO3. The summed E-state index contributed by atoms with van der Waals surface area (Å²) in [6.45, 7) is 0. The maximum Gasteiger partial charge on any atom is 0.329 e. The molecule has 0 spiro atoms. The van der Waals surface area contributed by atoms with Gasteiger partial charge in [0.05, 0.1) is 7.11 Å². The quantitative estimate of drug-likeness (QED) is 0.257. The molecule has 0 aromatic carbocycles. The van der Waals surface area contributed by atoms with E-state index in [1.165, 1.54) is 15.0 Å². The van der Waals surface area contributed by atoms with E-state index in [0.717, 1.165) is 0 Å². The van der Waals surface area contributed by atoms with Crippen molar-refractivity contribution >= 4 is 19.5 Å². The third-order valence-electron chi connectivity index (χ3n) is 0.893. The largest absolute Gasteiger partial charge is 0.468 e. The summed E-state index contributed by atoms with van der Waals surface area (Å²) in [6.07, 6.45) is 0. The van der Waals surface area contributed by atoms with E-state index in [9.17, 15) is 9.59 Å². The van der Waals surface area contributed by atoms with Crippen molar-refractivity contribution in [2.75, 3.05) is 7.11 Å². The summed E-state index contributed by atoms with van der Waals surface area (Å²) in [5.41, 5.74) is 4.66. The van der Waals surface area contributed by atoms with Crippen LogP contribution in [0.2, 0.25) is 0 Å². The van der Waals surface area contributed by atoms with Gasteiger partial charge in [0.15, 0.2) is 13.9 Å². The second-order valence-corrected chi connectivity index (χ2v) is 1.61. The minimum atomic E-state index is -1.12. The van der Waals surface area contributed by atoms with Gasteiger partial charge in [-0.05, 0) is 0 Å². The number of nitrogens with two attached hydrogens (primary N) is 1. The van der Waals surface area contributed by atoms with Gasteiger partial charge >= 0.3 is 5.97 Å². The third kappa shape index (κ3) is 2.28. The second-order valence-electron chi connectivity index (χ2n) is 1.61. The Morgan fingerprint density at radius 3 is 2.22 bits per heavy atom. The van der Waals surface area contributed by atoms with Crippen LogP contribution >= 0.6 is 0 Å². The van der Waals surface area contributed by atoms with E-state index in [-0.39, 0.29) is 5.68 Å². The first-order chi connectivity index (χ1) is 4.09. The van der Waals surface area contributed by atoms with E-state index in [1.807, 2.05) is 0 Å². The van der Waals surface area contributed by atoms with E-state index < -0.39 is 12.0 Å². The van der Waals surface area contributed by atoms with Gasteiger partial charge < -0.3 is 15.3 Å². The zero-order valence-corrected chi connectivity index (χ0v) is 5.38. The lowest BCUT2D eigenvalue weighted by atomic mass is 9.96. The van der Waals surface area contributed by atoms with Crippen molar-refractivity contribution in [3.05, 3.63) is 0 Å². The highest BCUT2D eigenvalue weighted by Gasteiger charge is 2.17. The Hall–Kier alpha value is -0.835. The SMILES string of the molecule is BC(=O)C(N)C(=O)OC. The van der Waals surface area contributed by atoms with Gasteiger partial charge in [0.2, 0.25) is 0 Å². The fourth-order valence-corrected chi connectivity index (χ4v) is 0.293. The van der Waals surface area contributed by atoms with Crippen molar-refractivity contribution in [1.82, 2.24) is 0 Å². The molecule has 50 valence electrons. The summed E-state index contributed by atoms with van der Waals surface area (Å²) in [7, 11) is 2.42. The topological polar surface area (TPSA) is 69.4 Å². The molecule has 0 aromatic rings. The lowest BCUT2D eigenvalue weighted by Gasteiger charge is -2.02. The molecule has 0 rings (SSSR count). The molecule has 0 fully saturated rings. The monoisotopic (exact) mass is 129 g/mol. The number of carbonyl (C=O) groups excluding carboxylic acids is 2. The molecule has 0 amide bonds. The van der Waals surface area contributed by atoms with Crippen LogP contribution < -0.4 is 5.73 Å². The second kappa shape index (κ2) is 3.24. The van der Waals surface area contributed by atoms with Crippen molar-refractivity contribution in [1.29, 1.82) is 0 Å². The van der Waals surface area contributed by atoms with Crippen LogP contribution in [0.15, 0.2) is 0 Å². The van der Waals surface area contributed by atoms with Gasteiger partial charge in [-0.1, -0.05) is 0 Å². The van der Waals surface area contributed by atoms with Crippen LogP contribution in [-0.4, -0.2) is 32.6 Å². The predicted molar refractivity (Wildman–Crippen MR) is 33.5 cm³/mol. The Bertz CT molecular complexity index is 136. The van der Waals surface area contributed by atoms with Gasteiger partial charge in [-0.15, -0.1) is 0 Å². The van der Waals surface area contributed by atoms with Gasteiger partial charge in [-0.3, -0.25) is 0 Å². The normalized spacial score (nSPS) is 12.2. The maximum atomic E-state index is 10.4. The molecule has 9 heavy (non-hydrogen) atoms. The lowest BCUT2D eigenvalue weighted by Crippen LogP contribution is -2.39. The smallest absolute Gasteiger partial charge is 0.329 e. The molecule has 1 atom stereocenters.